The smallest absolute Gasteiger partial charge is 0.169 e. The van der Waals surface area contributed by atoms with E-state index in [1.165, 1.54) is 25.8 Å². The molecule has 6 nitrogen and oxygen atoms in total. The molecule has 1 atom stereocenters. The Bertz CT molecular complexity index is 1040. The van der Waals surface area contributed by atoms with E-state index in [2.05, 4.69) is 16.5 Å². The molecule has 8 heteroatoms. The van der Waals surface area contributed by atoms with Crippen molar-refractivity contribution in [3.63, 3.8) is 0 Å². The lowest BCUT2D eigenvalue weighted by Gasteiger charge is -2.15. The zero-order valence-corrected chi connectivity index (χ0v) is 18.8. The predicted octanol–water partition coefficient (Wildman–Crippen LogP) is 4.84. The summed E-state index contributed by atoms with van der Waals surface area (Å²) in [6.45, 7) is 4.55. The standard InChI is InChI=1S/C22H25ClN2O4S/c1-4-9-25-19-7-6-16(23)11-18(19)24-22(25)30-13-17(27)12-29-20-8-5-15(14(2)26)10-21(20)28-3/h5-8,10-11,17,27H,4,9,12-13H2,1-3H3. The molecule has 0 saturated heterocycles. The Morgan fingerprint density at radius 2 is 2.07 bits per heavy atom. The fourth-order valence-corrected chi connectivity index (χ4v) is 4.15. The molecule has 160 valence electrons. The summed E-state index contributed by atoms with van der Waals surface area (Å²) in [4.78, 5) is 16.2. The number of carbonyl (C=O) groups excluding carboxylic acids is 1. The second-order valence-corrected chi connectivity index (χ2v) is 8.30. The van der Waals surface area contributed by atoms with Crippen molar-refractivity contribution < 1.29 is 19.4 Å². The molecule has 1 aromatic heterocycles. The van der Waals surface area contributed by atoms with E-state index >= 15 is 0 Å². The molecule has 2 aromatic carbocycles. The van der Waals surface area contributed by atoms with Crippen LogP contribution in [0, 0.1) is 0 Å². The lowest BCUT2D eigenvalue weighted by atomic mass is 10.1. The largest absolute Gasteiger partial charge is 0.493 e. The first kappa shape index (κ1) is 22.5. The van der Waals surface area contributed by atoms with E-state index in [1.807, 2.05) is 18.2 Å². The highest BCUT2D eigenvalue weighted by atomic mass is 35.5. The van der Waals surface area contributed by atoms with Gasteiger partial charge >= 0.3 is 0 Å². The number of benzene rings is 2. The maximum atomic E-state index is 11.5. The molecular weight excluding hydrogens is 424 g/mol. The number of nitrogens with zero attached hydrogens (tertiary/aromatic N) is 2. The highest BCUT2D eigenvalue weighted by molar-refractivity contribution is 7.99. The number of aliphatic hydroxyl groups excluding tert-OH is 1. The van der Waals surface area contributed by atoms with Crippen LogP contribution in [0.4, 0.5) is 0 Å². The number of ketones is 1. The van der Waals surface area contributed by atoms with Crippen LogP contribution in [0.3, 0.4) is 0 Å². The number of aromatic nitrogens is 2. The van der Waals surface area contributed by atoms with Crippen molar-refractivity contribution in [3.8, 4) is 11.5 Å². The van der Waals surface area contributed by atoms with Gasteiger partial charge in [0.15, 0.2) is 22.4 Å². The van der Waals surface area contributed by atoms with Gasteiger partial charge < -0.3 is 19.1 Å². The van der Waals surface area contributed by atoms with Crippen molar-refractivity contribution in [3.05, 3.63) is 47.0 Å². The number of thioether (sulfide) groups is 1. The van der Waals surface area contributed by atoms with E-state index in [-0.39, 0.29) is 12.4 Å². The van der Waals surface area contributed by atoms with Gasteiger partial charge in [-0.2, -0.15) is 0 Å². The van der Waals surface area contributed by atoms with E-state index in [1.54, 1.807) is 18.2 Å². The summed E-state index contributed by atoms with van der Waals surface area (Å²) in [5.74, 6) is 1.32. The van der Waals surface area contributed by atoms with Crippen molar-refractivity contribution >= 4 is 40.2 Å². The minimum atomic E-state index is -0.703. The lowest BCUT2D eigenvalue weighted by Crippen LogP contribution is -2.20. The second kappa shape index (κ2) is 10.2. The summed E-state index contributed by atoms with van der Waals surface area (Å²) >= 11 is 7.58. The van der Waals surface area contributed by atoms with E-state index in [0.717, 1.165) is 29.2 Å². The van der Waals surface area contributed by atoms with Crippen LogP contribution >= 0.6 is 23.4 Å². The highest BCUT2D eigenvalue weighted by Crippen LogP contribution is 2.30. The molecule has 0 aliphatic rings. The fraction of sp³-hybridized carbons (Fsp3) is 0.364. The zero-order chi connectivity index (χ0) is 21.7. The van der Waals surface area contributed by atoms with Crippen LogP contribution < -0.4 is 9.47 Å². The summed E-state index contributed by atoms with van der Waals surface area (Å²) in [7, 11) is 1.52. The Labute approximate surface area is 185 Å². The average molecular weight is 449 g/mol. The van der Waals surface area contributed by atoms with Crippen molar-refractivity contribution in [2.75, 3.05) is 19.5 Å². The molecule has 1 unspecified atom stereocenters. The zero-order valence-electron chi connectivity index (χ0n) is 17.2. The number of aryl methyl sites for hydroxylation is 1. The maximum Gasteiger partial charge on any atom is 0.169 e. The summed E-state index contributed by atoms with van der Waals surface area (Å²) in [5, 5.41) is 11.9. The summed E-state index contributed by atoms with van der Waals surface area (Å²) in [6.07, 6.45) is 0.272. The van der Waals surface area contributed by atoms with Gasteiger partial charge in [-0.15, -0.1) is 0 Å². The van der Waals surface area contributed by atoms with E-state index in [4.69, 9.17) is 21.1 Å². The number of Topliss-reactive ketones (excluding diaryl/α,β-unsaturated/α-hetero) is 1. The number of imidazole rings is 1. The van der Waals surface area contributed by atoms with Gasteiger partial charge in [-0.1, -0.05) is 30.3 Å². The van der Waals surface area contributed by atoms with E-state index in [9.17, 15) is 9.90 Å². The number of halogens is 1. The van der Waals surface area contributed by atoms with Gasteiger partial charge in [0.2, 0.25) is 0 Å². The molecule has 0 radical (unpaired) electrons. The molecule has 0 fully saturated rings. The van der Waals surface area contributed by atoms with Crippen molar-refractivity contribution in [1.29, 1.82) is 0 Å². The third-order valence-corrected chi connectivity index (χ3v) is 5.89. The van der Waals surface area contributed by atoms with Crippen LogP contribution in [0.1, 0.15) is 30.6 Å². The summed E-state index contributed by atoms with van der Waals surface area (Å²) in [5.41, 5.74) is 2.43. The minimum absolute atomic E-state index is 0.0486. The Hall–Kier alpha value is -2.22. The van der Waals surface area contributed by atoms with Crippen molar-refractivity contribution in [2.24, 2.45) is 0 Å². The van der Waals surface area contributed by atoms with Gasteiger partial charge in [-0.3, -0.25) is 4.79 Å². The van der Waals surface area contributed by atoms with Crippen LogP contribution in [0.15, 0.2) is 41.6 Å². The Morgan fingerprint density at radius 1 is 1.27 bits per heavy atom. The Kier molecular flexibility index (Phi) is 7.64. The third kappa shape index (κ3) is 5.28. The number of hydrogen-bond donors (Lipinski definition) is 1. The first-order valence-electron chi connectivity index (χ1n) is 9.71. The molecule has 3 aromatic rings. The monoisotopic (exact) mass is 448 g/mol. The molecule has 0 bridgehead atoms. The number of hydrogen-bond acceptors (Lipinski definition) is 6. The first-order valence-corrected chi connectivity index (χ1v) is 11.1. The van der Waals surface area contributed by atoms with Crippen LogP contribution in [0.25, 0.3) is 11.0 Å². The summed E-state index contributed by atoms with van der Waals surface area (Å²) in [6, 6.07) is 10.7. The number of fused-ring (bicyclic) bond motifs is 1. The van der Waals surface area contributed by atoms with Gasteiger partial charge in [0, 0.05) is 22.9 Å². The highest BCUT2D eigenvalue weighted by Gasteiger charge is 2.15. The Morgan fingerprint density at radius 3 is 2.77 bits per heavy atom. The van der Waals surface area contributed by atoms with Gasteiger partial charge in [-0.25, -0.2) is 4.98 Å². The normalized spacial score (nSPS) is 12.2. The molecule has 0 saturated carbocycles. The SMILES string of the molecule is CCCn1c(SCC(O)COc2ccc(C(C)=O)cc2OC)nc2cc(Cl)ccc21. The third-order valence-electron chi connectivity index (χ3n) is 4.53. The van der Waals surface area contributed by atoms with Crippen LogP contribution in [-0.2, 0) is 6.54 Å². The van der Waals surface area contributed by atoms with Gasteiger partial charge in [0.25, 0.3) is 0 Å². The molecule has 0 aliphatic heterocycles. The number of aliphatic hydroxyl groups is 1. The number of rotatable bonds is 10. The quantitative estimate of drug-likeness (QED) is 0.353. The molecular formula is C22H25ClN2O4S. The lowest BCUT2D eigenvalue weighted by molar-refractivity contribution is 0.101. The van der Waals surface area contributed by atoms with E-state index in [0.29, 0.717) is 27.8 Å². The maximum absolute atomic E-state index is 11.5. The number of carbonyl (C=O) groups is 1. The molecule has 0 amide bonds. The van der Waals surface area contributed by atoms with Crippen LogP contribution in [0.2, 0.25) is 5.02 Å². The predicted molar refractivity (Wildman–Crippen MR) is 120 cm³/mol. The molecule has 0 aliphatic carbocycles. The Balaban J connectivity index is 1.64. The number of ether oxygens (including phenoxy) is 2. The molecule has 1 heterocycles. The molecule has 1 N–H and O–H groups in total. The second-order valence-electron chi connectivity index (χ2n) is 6.88. The first-order chi connectivity index (χ1) is 14.4. The number of methoxy groups -OCH3 is 1. The average Bonchev–Trinajstić information content (AvgIpc) is 3.07. The summed E-state index contributed by atoms with van der Waals surface area (Å²) < 4.78 is 13.2. The topological polar surface area (TPSA) is 73.6 Å². The fourth-order valence-electron chi connectivity index (χ4n) is 3.04. The van der Waals surface area contributed by atoms with E-state index < -0.39 is 6.10 Å². The van der Waals surface area contributed by atoms with Crippen molar-refractivity contribution in [1.82, 2.24) is 9.55 Å². The molecule has 30 heavy (non-hydrogen) atoms. The molecule has 0 spiro atoms. The van der Waals surface area contributed by atoms with Gasteiger partial charge in [-0.05, 0) is 49.7 Å². The van der Waals surface area contributed by atoms with Crippen LogP contribution in [-0.4, -0.2) is 46.0 Å². The van der Waals surface area contributed by atoms with Gasteiger partial charge in [0.1, 0.15) is 6.61 Å². The van der Waals surface area contributed by atoms with Crippen molar-refractivity contribution in [2.45, 2.75) is 38.1 Å². The van der Waals surface area contributed by atoms with Gasteiger partial charge in [0.05, 0.1) is 24.2 Å². The van der Waals surface area contributed by atoms with Crippen LogP contribution in [0.5, 0.6) is 11.5 Å². The molecule has 3 rings (SSSR count). The minimum Gasteiger partial charge on any atom is -0.493 e.